The van der Waals surface area contributed by atoms with Crippen molar-refractivity contribution in [1.29, 1.82) is 0 Å². The van der Waals surface area contributed by atoms with Gasteiger partial charge in [0.25, 0.3) is 0 Å². The summed E-state index contributed by atoms with van der Waals surface area (Å²) in [5.74, 6) is 0.296. The van der Waals surface area contributed by atoms with Gasteiger partial charge < -0.3 is 10.6 Å². The van der Waals surface area contributed by atoms with Crippen LogP contribution in [0.4, 0.5) is 0 Å². The Morgan fingerprint density at radius 1 is 1.33 bits per heavy atom. The van der Waals surface area contributed by atoms with Gasteiger partial charge >= 0.3 is 0 Å². The molecule has 1 atom stereocenters. The molecule has 4 heteroatoms. The van der Waals surface area contributed by atoms with Crippen LogP contribution in [0.1, 0.15) is 50.1 Å². The number of benzene rings is 1. The molecule has 1 aliphatic heterocycles. The maximum Gasteiger partial charge on any atom is 0.230 e. The van der Waals surface area contributed by atoms with Crippen molar-refractivity contribution < 1.29 is 4.79 Å². The highest BCUT2D eigenvalue weighted by atomic mass is 79.9. The van der Waals surface area contributed by atoms with Gasteiger partial charge in [0.2, 0.25) is 5.91 Å². The number of halogens is 1. The van der Waals surface area contributed by atoms with E-state index in [9.17, 15) is 4.79 Å². The summed E-state index contributed by atoms with van der Waals surface area (Å²) in [5.41, 5.74) is 6.94. The first-order chi connectivity index (χ1) is 10.2. The number of hydrogen-bond acceptors (Lipinski definition) is 2. The quantitative estimate of drug-likeness (QED) is 0.904. The van der Waals surface area contributed by atoms with Crippen LogP contribution in [-0.2, 0) is 4.79 Å². The van der Waals surface area contributed by atoms with Crippen molar-refractivity contribution in [3.8, 4) is 0 Å². The number of hydrogen-bond donors (Lipinski definition) is 1. The first-order valence-electron chi connectivity index (χ1n) is 7.93. The Labute approximate surface area is 135 Å². The second-order valence-corrected chi connectivity index (χ2v) is 7.32. The molecule has 3 rings (SSSR count). The van der Waals surface area contributed by atoms with Crippen molar-refractivity contribution in [3.05, 3.63) is 34.3 Å². The molecule has 1 aromatic carbocycles. The SMILES string of the molecule is NCC1(C(=O)N2CCCC2c2cccc(Br)c2)CCCC1. The fourth-order valence-electron chi connectivity index (χ4n) is 3.93. The highest BCUT2D eigenvalue weighted by Crippen LogP contribution is 2.43. The van der Waals surface area contributed by atoms with Gasteiger partial charge in [-0.1, -0.05) is 40.9 Å². The van der Waals surface area contributed by atoms with Gasteiger partial charge in [0.05, 0.1) is 11.5 Å². The Morgan fingerprint density at radius 2 is 2.10 bits per heavy atom. The van der Waals surface area contributed by atoms with Gasteiger partial charge in [-0.15, -0.1) is 0 Å². The van der Waals surface area contributed by atoms with Gasteiger partial charge in [-0.25, -0.2) is 0 Å². The van der Waals surface area contributed by atoms with Crippen molar-refractivity contribution in [3.63, 3.8) is 0 Å². The van der Waals surface area contributed by atoms with E-state index in [2.05, 4.69) is 39.0 Å². The molecule has 1 saturated heterocycles. The zero-order valence-electron chi connectivity index (χ0n) is 12.4. The molecule has 2 N–H and O–H groups in total. The van der Waals surface area contributed by atoms with Gasteiger partial charge in [0.1, 0.15) is 0 Å². The third-order valence-corrected chi connectivity index (χ3v) is 5.65. The highest BCUT2D eigenvalue weighted by molar-refractivity contribution is 9.10. The summed E-state index contributed by atoms with van der Waals surface area (Å²) >= 11 is 3.53. The first kappa shape index (κ1) is 15.0. The lowest BCUT2D eigenvalue weighted by Gasteiger charge is -2.35. The maximum absolute atomic E-state index is 13.1. The van der Waals surface area contributed by atoms with Crippen molar-refractivity contribution >= 4 is 21.8 Å². The summed E-state index contributed by atoms with van der Waals surface area (Å²) in [6.45, 7) is 1.37. The number of nitrogens with zero attached hydrogens (tertiary/aromatic N) is 1. The van der Waals surface area contributed by atoms with Crippen LogP contribution in [-0.4, -0.2) is 23.9 Å². The van der Waals surface area contributed by atoms with Crippen LogP contribution in [0.5, 0.6) is 0 Å². The normalized spacial score (nSPS) is 24.5. The fourth-order valence-corrected chi connectivity index (χ4v) is 4.35. The second-order valence-electron chi connectivity index (χ2n) is 6.40. The van der Waals surface area contributed by atoms with E-state index in [1.54, 1.807) is 0 Å². The minimum atomic E-state index is -0.283. The van der Waals surface area contributed by atoms with E-state index < -0.39 is 0 Å². The molecule has 0 bridgehead atoms. The highest BCUT2D eigenvalue weighted by Gasteiger charge is 2.45. The lowest BCUT2D eigenvalue weighted by molar-refractivity contribution is -0.142. The largest absolute Gasteiger partial charge is 0.335 e. The van der Waals surface area contributed by atoms with Crippen LogP contribution in [0, 0.1) is 5.41 Å². The molecule has 1 amide bonds. The van der Waals surface area contributed by atoms with Gasteiger partial charge in [-0.3, -0.25) is 4.79 Å². The van der Waals surface area contributed by atoms with Crippen LogP contribution in [0.2, 0.25) is 0 Å². The van der Waals surface area contributed by atoms with Gasteiger partial charge in [0.15, 0.2) is 0 Å². The van der Waals surface area contributed by atoms with E-state index in [1.165, 1.54) is 5.56 Å². The monoisotopic (exact) mass is 350 g/mol. The molecule has 3 nitrogen and oxygen atoms in total. The second kappa shape index (κ2) is 6.09. The van der Waals surface area contributed by atoms with Crippen molar-refractivity contribution in [2.45, 2.75) is 44.6 Å². The Bertz CT molecular complexity index is 525. The number of carbonyl (C=O) groups excluding carboxylic acids is 1. The zero-order chi connectivity index (χ0) is 14.9. The summed E-state index contributed by atoms with van der Waals surface area (Å²) in [6.07, 6.45) is 6.34. The minimum Gasteiger partial charge on any atom is -0.335 e. The van der Waals surface area contributed by atoms with Crippen LogP contribution in [0.3, 0.4) is 0 Å². The number of rotatable bonds is 3. The third kappa shape index (κ3) is 2.76. The molecule has 1 heterocycles. The van der Waals surface area contributed by atoms with Crippen LogP contribution >= 0.6 is 15.9 Å². The molecule has 0 aromatic heterocycles. The number of carbonyl (C=O) groups is 1. The van der Waals surface area contributed by atoms with E-state index in [1.807, 2.05) is 6.07 Å². The summed E-state index contributed by atoms with van der Waals surface area (Å²) in [4.78, 5) is 15.2. The maximum atomic E-state index is 13.1. The molecular formula is C17H23BrN2O. The summed E-state index contributed by atoms with van der Waals surface area (Å²) in [6, 6.07) is 8.57. The standard InChI is InChI=1S/C17H23BrN2O/c18-14-6-3-5-13(11-14)15-7-4-10-20(15)16(21)17(12-19)8-1-2-9-17/h3,5-6,11,15H,1-2,4,7-10,12,19H2. The number of nitrogens with two attached hydrogens (primary N) is 1. The third-order valence-electron chi connectivity index (χ3n) is 5.15. The molecule has 0 spiro atoms. The molecule has 1 aliphatic carbocycles. The first-order valence-corrected chi connectivity index (χ1v) is 8.72. The molecular weight excluding hydrogens is 328 g/mol. The van der Waals surface area contributed by atoms with Gasteiger partial charge in [0, 0.05) is 17.6 Å². The Balaban J connectivity index is 1.85. The van der Waals surface area contributed by atoms with Crippen molar-refractivity contribution in [2.75, 3.05) is 13.1 Å². The average Bonchev–Trinajstić information content (AvgIpc) is 3.16. The topological polar surface area (TPSA) is 46.3 Å². The van der Waals surface area contributed by atoms with E-state index >= 15 is 0 Å². The fraction of sp³-hybridized carbons (Fsp3) is 0.588. The summed E-state index contributed by atoms with van der Waals surface area (Å²) in [7, 11) is 0. The number of amides is 1. The van der Waals surface area contributed by atoms with E-state index in [-0.39, 0.29) is 11.5 Å². The van der Waals surface area contributed by atoms with Gasteiger partial charge in [-0.05, 0) is 43.4 Å². The number of likely N-dealkylation sites (tertiary alicyclic amines) is 1. The average molecular weight is 351 g/mol. The predicted octanol–water partition coefficient (Wildman–Crippen LogP) is 3.63. The van der Waals surface area contributed by atoms with E-state index in [0.29, 0.717) is 12.5 Å². The zero-order valence-corrected chi connectivity index (χ0v) is 13.9. The Kier molecular flexibility index (Phi) is 4.36. The molecule has 21 heavy (non-hydrogen) atoms. The Hall–Kier alpha value is -0.870. The van der Waals surface area contributed by atoms with Crippen LogP contribution in [0.15, 0.2) is 28.7 Å². The van der Waals surface area contributed by atoms with Crippen molar-refractivity contribution in [1.82, 2.24) is 4.90 Å². The molecule has 1 saturated carbocycles. The van der Waals surface area contributed by atoms with E-state index in [0.717, 1.165) is 49.5 Å². The predicted molar refractivity (Wildman–Crippen MR) is 87.8 cm³/mol. The molecule has 2 aliphatic rings. The molecule has 2 fully saturated rings. The lowest BCUT2D eigenvalue weighted by Crippen LogP contribution is -2.46. The van der Waals surface area contributed by atoms with Gasteiger partial charge in [-0.2, -0.15) is 0 Å². The molecule has 1 unspecified atom stereocenters. The molecule has 1 aromatic rings. The van der Waals surface area contributed by atoms with Crippen LogP contribution in [0.25, 0.3) is 0 Å². The minimum absolute atomic E-state index is 0.221. The molecule has 114 valence electrons. The van der Waals surface area contributed by atoms with Crippen molar-refractivity contribution in [2.24, 2.45) is 11.1 Å². The smallest absolute Gasteiger partial charge is 0.230 e. The van der Waals surface area contributed by atoms with Crippen LogP contribution < -0.4 is 5.73 Å². The summed E-state index contributed by atoms with van der Waals surface area (Å²) in [5, 5.41) is 0. The Morgan fingerprint density at radius 3 is 2.76 bits per heavy atom. The summed E-state index contributed by atoms with van der Waals surface area (Å²) < 4.78 is 1.08. The molecule has 0 radical (unpaired) electrons. The van der Waals surface area contributed by atoms with E-state index in [4.69, 9.17) is 5.73 Å². The lowest BCUT2D eigenvalue weighted by atomic mass is 9.84.